The standard InChI is InChI=1S/C14H15N5O2S/c1-2-6-11-15-18-14(19(11)7-3-1)22-9-12-16-17-13(21-12)10-5-4-8-20-10/h4-5,8H,1-3,6-7,9H2. The van der Waals surface area contributed by atoms with Crippen LogP contribution in [0.5, 0.6) is 0 Å². The summed E-state index contributed by atoms with van der Waals surface area (Å²) in [6, 6.07) is 3.59. The van der Waals surface area contributed by atoms with Crippen molar-refractivity contribution in [3.63, 3.8) is 0 Å². The van der Waals surface area contributed by atoms with E-state index in [0.29, 0.717) is 23.3 Å². The summed E-state index contributed by atoms with van der Waals surface area (Å²) in [5.41, 5.74) is 0. The zero-order valence-electron chi connectivity index (χ0n) is 11.9. The number of thioether (sulfide) groups is 1. The molecule has 0 radical (unpaired) electrons. The van der Waals surface area contributed by atoms with Crippen LogP contribution in [-0.4, -0.2) is 25.0 Å². The Morgan fingerprint density at radius 1 is 1.14 bits per heavy atom. The Kier molecular flexibility index (Phi) is 3.67. The van der Waals surface area contributed by atoms with Crippen molar-refractivity contribution in [1.82, 2.24) is 25.0 Å². The lowest BCUT2D eigenvalue weighted by atomic mass is 10.2. The second kappa shape index (κ2) is 5.96. The molecule has 22 heavy (non-hydrogen) atoms. The van der Waals surface area contributed by atoms with Gasteiger partial charge in [0.1, 0.15) is 5.82 Å². The molecule has 0 fully saturated rings. The van der Waals surface area contributed by atoms with Crippen LogP contribution in [0, 0.1) is 0 Å². The second-order valence-corrected chi connectivity index (χ2v) is 6.07. The summed E-state index contributed by atoms with van der Waals surface area (Å²) in [7, 11) is 0. The molecular formula is C14H15N5O2S. The molecule has 0 bridgehead atoms. The Morgan fingerprint density at radius 2 is 2.14 bits per heavy atom. The van der Waals surface area contributed by atoms with Gasteiger partial charge in [-0.05, 0) is 25.0 Å². The van der Waals surface area contributed by atoms with Crippen molar-refractivity contribution in [2.45, 2.75) is 43.1 Å². The third-order valence-electron chi connectivity index (χ3n) is 3.60. The molecule has 0 amide bonds. The largest absolute Gasteiger partial charge is 0.459 e. The van der Waals surface area contributed by atoms with E-state index >= 15 is 0 Å². The molecule has 8 heteroatoms. The van der Waals surface area contributed by atoms with E-state index in [-0.39, 0.29) is 0 Å². The van der Waals surface area contributed by atoms with Gasteiger partial charge in [0.25, 0.3) is 5.89 Å². The van der Waals surface area contributed by atoms with Crippen molar-refractivity contribution in [3.8, 4) is 11.7 Å². The fourth-order valence-corrected chi connectivity index (χ4v) is 3.32. The molecule has 3 aromatic heterocycles. The lowest BCUT2D eigenvalue weighted by molar-refractivity contribution is 0.494. The molecule has 3 aromatic rings. The van der Waals surface area contributed by atoms with Crippen LogP contribution in [0.4, 0.5) is 0 Å². The summed E-state index contributed by atoms with van der Waals surface area (Å²) >= 11 is 1.58. The van der Waals surface area contributed by atoms with Crippen LogP contribution in [0.1, 0.15) is 31.0 Å². The molecule has 0 aliphatic carbocycles. The number of aryl methyl sites for hydroxylation is 1. The van der Waals surface area contributed by atoms with Crippen LogP contribution in [0.25, 0.3) is 11.7 Å². The van der Waals surface area contributed by atoms with Gasteiger partial charge in [-0.2, -0.15) is 0 Å². The first-order valence-electron chi connectivity index (χ1n) is 7.31. The zero-order valence-corrected chi connectivity index (χ0v) is 12.8. The topological polar surface area (TPSA) is 82.8 Å². The van der Waals surface area contributed by atoms with Crippen molar-refractivity contribution in [3.05, 3.63) is 30.1 Å². The Hall–Kier alpha value is -2.09. The summed E-state index contributed by atoms with van der Waals surface area (Å²) in [5.74, 6) is 3.20. The maximum Gasteiger partial charge on any atom is 0.283 e. The third-order valence-corrected chi connectivity index (χ3v) is 4.55. The van der Waals surface area contributed by atoms with E-state index < -0.39 is 0 Å². The molecule has 114 valence electrons. The van der Waals surface area contributed by atoms with E-state index in [1.807, 2.05) is 0 Å². The van der Waals surface area contributed by atoms with Crippen molar-refractivity contribution >= 4 is 11.8 Å². The normalized spacial score (nSPS) is 14.7. The highest BCUT2D eigenvalue weighted by Crippen LogP contribution is 2.26. The summed E-state index contributed by atoms with van der Waals surface area (Å²) in [6.07, 6.45) is 6.22. The Morgan fingerprint density at radius 3 is 3.05 bits per heavy atom. The highest BCUT2D eigenvalue weighted by molar-refractivity contribution is 7.98. The number of aromatic nitrogens is 5. The van der Waals surface area contributed by atoms with Gasteiger partial charge in [-0.15, -0.1) is 20.4 Å². The SMILES string of the molecule is c1coc(-c2nnc(CSc3nnc4n3CCCCC4)o2)c1. The predicted octanol–water partition coefficient (Wildman–Crippen LogP) is 2.94. The monoisotopic (exact) mass is 317 g/mol. The molecule has 0 spiro atoms. The Labute approximate surface area is 131 Å². The first-order chi connectivity index (χ1) is 10.9. The van der Waals surface area contributed by atoms with Crippen LogP contribution in [-0.2, 0) is 18.7 Å². The average molecular weight is 317 g/mol. The molecule has 0 saturated heterocycles. The first-order valence-corrected chi connectivity index (χ1v) is 8.30. The summed E-state index contributed by atoms with van der Waals surface area (Å²) in [4.78, 5) is 0. The van der Waals surface area contributed by atoms with Gasteiger partial charge < -0.3 is 13.4 Å². The van der Waals surface area contributed by atoms with Crippen LogP contribution < -0.4 is 0 Å². The van der Waals surface area contributed by atoms with Crippen LogP contribution in [0.3, 0.4) is 0 Å². The van der Waals surface area contributed by atoms with Crippen molar-refractivity contribution < 1.29 is 8.83 Å². The fraction of sp³-hybridized carbons (Fsp3) is 0.429. The van der Waals surface area contributed by atoms with Crippen molar-refractivity contribution in [1.29, 1.82) is 0 Å². The minimum absolute atomic E-state index is 0.403. The summed E-state index contributed by atoms with van der Waals surface area (Å²) in [6.45, 7) is 0.992. The fourth-order valence-electron chi connectivity index (χ4n) is 2.50. The van der Waals surface area contributed by atoms with Gasteiger partial charge in [-0.1, -0.05) is 18.2 Å². The molecule has 0 atom stereocenters. The molecule has 0 N–H and O–H groups in total. The van der Waals surface area contributed by atoms with Gasteiger partial charge in [-0.25, -0.2) is 0 Å². The number of nitrogens with zero attached hydrogens (tertiary/aromatic N) is 5. The molecule has 0 saturated carbocycles. The minimum atomic E-state index is 0.403. The maximum absolute atomic E-state index is 5.60. The summed E-state index contributed by atoms with van der Waals surface area (Å²) in [5, 5.41) is 17.5. The third kappa shape index (κ3) is 2.66. The van der Waals surface area contributed by atoms with Crippen LogP contribution in [0.15, 0.2) is 32.4 Å². The number of hydrogen-bond donors (Lipinski definition) is 0. The molecule has 4 rings (SSSR count). The van der Waals surface area contributed by atoms with Crippen LogP contribution >= 0.6 is 11.8 Å². The van der Waals surface area contributed by atoms with Crippen LogP contribution in [0.2, 0.25) is 0 Å². The zero-order chi connectivity index (χ0) is 14.8. The van der Waals surface area contributed by atoms with E-state index in [9.17, 15) is 0 Å². The number of fused-ring (bicyclic) bond motifs is 1. The van der Waals surface area contributed by atoms with Gasteiger partial charge in [0.2, 0.25) is 5.89 Å². The molecule has 7 nitrogen and oxygen atoms in total. The van der Waals surface area contributed by atoms with Crippen molar-refractivity contribution in [2.24, 2.45) is 0 Å². The molecule has 4 heterocycles. The van der Waals surface area contributed by atoms with Gasteiger partial charge >= 0.3 is 0 Å². The highest BCUT2D eigenvalue weighted by atomic mass is 32.2. The quantitative estimate of drug-likeness (QED) is 0.684. The smallest absolute Gasteiger partial charge is 0.283 e. The van der Waals surface area contributed by atoms with E-state index in [0.717, 1.165) is 23.9 Å². The maximum atomic E-state index is 5.60. The van der Waals surface area contributed by atoms with E-state index in [2.05, 4.69) is 25.0 Å². The molecule has 0 unspecified atom stereocenters. The predicted molar refractivity (Wildman–Crippen MR) is 79.1 cm³/mol. The molecule has 1 aliphatic heterocycles. The van der Waals surface area contributed by atoms with Gasteiger partial charge in [0.05, 0.1) is 12.0 Å². The van der Waals surface area contributed by atoms with Crippen molar-refractivity contribution in [2.75, 3.05) is 0 Å². The molecule has 0 aromatic carbocycles. The summed E-state index contributed by atoms with van der Waals surface area (Å²) < 4.78 is 13.1. The minimum Gasteiger partial charge on any atom is -0.459 e. The number of hydrogen-bond acceptors (Lipinski definition) is 7. The lowest BCUT2D eigenvalue weighted by Crippen LogP contribution is -2.02. The van der Waals surface area contributed by atoms with E-state index in [1.54, 1.807) is 30.2 Å². The molecule has 1 aliphatic rings. The Balaban J connectivity index is 1.46. The van der Waals surface area contributed by atoms with Gasteiger partial charge in [-0.3, -0.25) is 0 Å². The Bertz CT molecular complexity index is 749. The number of rotatable bonds is 4. The van der Waals surface area contributed by atoms with E-state index in [4.69, 9.17) is 8.83 Å². The first kappa shape index (κ1) is 13.6. The molecular weight excluding hydrogens is 302 g/mol. The lowest BCUT2D eigenvalue weighted by Gasteiger charge is -2.04. The highest BCUT2D eigenvalue weighted by Gasteiger charge is 2.17. The van der Waals surface area contributed by atoms with Gasteiger partial charge in [0.15, 0.2) is 10.9 Å². The average Bonchev–Trinajstić information content (AvgIpc) is 3.24. The second-order valence-electron chi connectivity index (χ2n) is 5.13. The van der Waals surface area contributed by atoms with Gasteiger partial charge in [0, 0.05) is 13.0 Å². The number of furan rings is 1. The van der Waals surface area contributed by atoms with E-state index in [1.165, 1.54) is 19.3 Å².